The Morgan fingerprint density at radius 2 is 0.231 bits per heavy atom. The Kier molecular flexibility index (Phi) is 1.10. The topological polar surface area (TPSA) is 0 Å². The lowest BCUT2D eigenvalue weighted by Crippen LogP contribution is -3.74. The Morgan fingerprint density at radius 1 is 0.115 bits per heavy atom. The summed E-state index contributed by atoms with van der Waals surface area (Å²) in [5, 5.41) is 0. The Balaban J connectivity index is 0.660. The minimum Gasteiger partial charge on any atom is -0.0458 e. The van der Waals surface area contributed by atoms with E-state index in [0.717, 1.165) is 206 Å². The summed E-state index contributed by atoms with van der Waals surface area (Å²) in [7, 11) is 0. The molecule has 0 heterocycles. The van der Waals surface area contributed by atoms with Crippen LogP contribution >= 0.6 is 0 Å². The maximum atomic E-state index is 1.89. The van der Waals surface area contributed by atoms with Crippen LogP contribution in [0.15, 0.2) is 0 Å². The molecule has 0 heteroatoms. The molecule has 350 valence electrons. The smallest absolute Gasteiger partial charge is 0.000370 e. The van der Waals surface area contributed by atoms with Crippen molar-refractivity contribution in [1.82, 2.24) is 0 Å². The van der Waals surface area contributed by atoms with Gasteiger partial charge in [0.25, 0.3) is 0 Å². The Bertz CT molecular complexity index is 5370. The second-order valence-electron chi connectivity index (χ2n) is 52.1. The van der Waals surface area contributed by atoms with Gasteiger partial charge in [-0.15, -0.1) is 0 Å². The monoisotopic (exact) mass is 974 g/mol. The van der Waals surface area contributed by atoms with Crippen molar-refractivity contribution >= 4 is 0 Å². The largest absolute Gasteiger partial charge is 0.0458 e. The van der Waals surface area contributed by atoms with Gasteiger partial charge in [-0.25, -0.2) is 0 Å². The first kappa shape index (κ1) is 24.6. The van der Waals surface area contributed by atoms with Crippen molar-refractivity contribution in [2.45, 2.75) is 25.7 Å². The number of hydrogen-bond donors (Lipinski definition) is 0. The molecule has 0 amide bonds. The summed E-state index contributed by atoms with van der Waals surface area (Å²) < 4.78 is 0. The van der Waals surface area contributed by atoms with Gasteiger partial charge in [-0.1, -0.05) is 0 Å². The standard InChI is InChI=1S/C78H38/c1-5-13-14-6-2-10-18-22-27-31-34-32-28-24-20-12-4-8-16-15-7-3-11-19-23-26-30-33-29-25-21-17-9(1)35(5)39(13)40(14)36(6,10)44(18)48(22)52(27)57(31)60(34)58(32)54(28)50(24)46(20)38(8,12)42(16)41(15)37(7,11)45(19)49(23)53(26)56(30)59(33)55(29)51(25)47(21)43(17,35)61(39)62(40,44)66(48)65(47,61)69(51)70(52,66)74(57)73(55,69)77(59)75(56)71(53)67(49)63(41,45)64(42,46)68(50,67)72(54,71)76(58,75)78(60,74)77/h5-34H,1-4H2. The molecule has 60 saturated carbocycles. The third-order valence-electron chi connectivity index (χ3n) is 71.6. The van der Waals surface area contributed by atoms with Gasteiger partial charge in [0.05, 0.1) is 0 Å². The molecule has 44 spiro atoms. The van der Waals surface area contributed by atoms with Gasteiger partial charge in [0.2, 0.25) is 0 Å². The van der Waals surface area contributed by atoms with E-state index in [2.05, 4.69) is 0 Å². The molecule has 0 aromatic heterocycles. The lowest BCUT2D eigenvalue weighted by atomic mass is 8.26. The first-order valence-corrected chi connectivity index (χ1v) is 38.8. The predicted molar refractivity (Wildman–Crippen MR) is 232 cm³/mol. The molecule has 0 bridgehead atoms. The van der Waals surface area contributed by atoms with Crippen LogP contribution in [0.1, 0.15) is 25.7 Å². The van der Waals surface area contributed by atoms with E-state index in [4.69, 9.17) is 0 Å². The lowest BCUT2D eigenvalue weighted by molar-refractivity contribution is -1.27. The highest BCUT2D eigenvalue weighted by atomic mass is 15.8. The molecule has 60 rings (SSSR count). The normalized spacial score (nSPS) is 151. The van der Waals surface area contributed by atoms with Crippen LogP contribution in [0, 0.1) is 416 Å². The van der Waals surface area contributed by atoms with Crippen LogP contribution in [-0.2, 0) is 0 Å². The summed E-state index contributed by atoms with van der Waals surface area (Å²) in [6.45, 7) is 0. The molecular formula is C78H38. The van der Waals surface area contributed by atoms with Crippen LogP contribution in [0.2, 0.25) is 0 Å². The minimum absolute atomic E-state index is 1.11. The van der Waals surface area contributed by atoms with Crippen LogP contribution in [-0.4, -0.2) is 0 Å². The fraction of sp³-hybridized carbons (Fsp3) is 1.00. The third-order valence-corrected chi connectivity index (χ3v) is 71.6. The van der Waals surface area contributed by atoms with Crippen LogP contribution in [0.4, 0.5) is 0 Å². The van der Waals surface area contributed by atoms with E-state index in [0.29, 0.717) is 0 Å². The quantitative estimate of drug-likeness (QED) is 0.305. The van der Waals surface area contributed by atoms with Crippen molar-refractivity contribution in [1.29, 1.82) is 0 Å². The molecule has 0 radical (unpaired) electrons. The van der Waals surface area contributed by atoms with Crippen molar-refractivity contribution in [2.24, 2.45) is 405 Å². The van der Waals surface area contributed by atoms with Gasteiger partial charge in [-0.3, -0.25) is 0 Å². The van der Waals surface area contributed by atoms with Crippen LogP contribution in [0.5, 0.6) is 0 Å². The molecule has 0 N–H and O–H groups in total. The number of hydrogen-bond acceptors (Lipinski definition) is 0. The van der Waals surface area contributed by atoms with Crippen molar-refractivity contribution in [2.75, 3.05) is 0 Å². The van der Waals surface area contributed by atoms with Gasteiger partial charge >= 0.3 is 0 Å². The fourth-order valence-corrected chi connectivity index (χ4v) is 93.9. The van der Waals surface area contributed by atoms with E-state index in [1.165, 1.54) is 210 Å². The van der Waals surface area contributed by atoms with Crippen LogP contribution < -0.4 is 0 Å². The van der Waals surface area contributed by atoms with E-state index < -0.39 is 0 Å². The number of rotatable bonds is 0. The summed E-state index contributed by atoms with van der Waals surface area (Å²) in [6, 6.07) is 0. The van der Waals surface area contributed by atoms with Crippen molar-refractivity contribution in [3.63, 3.8) is 0 Å². The second kappa shape index (κ2) is 3.47. The fourth-order valence-electron chi connectivity index (χ4n) is 93.9. The number of fused-ring (bicyclic) bond motifs is 26. The lowest BCUT2D eigenvalue weighted by Gasteiger charge is -3.75. The van der Waals surface area contributed by atoms with Gasteiger partial charge in [0.15, 0.2) is 0 Å². The molecule has 60 aliphatic rings. The summed E-state index contributed by atoms with van der Waals surface area (Å²) in [4.78, 5) is 0. The Morgan fingerprint density at radius 3 is 0.410 bits per heavy atom. The first-order chi connectivity index (χ1) is 38.8. The maximum Gasteiger partial charge on any atom is -0.000370 e. The van der Waals surface area contributed by atoms with E-state index in [-0.39, 0.29) is 0 Å². The molecule has 0 saturated heterocycles. The Hall–Kier alpha value is 0. The molecule has 0 nitrogen and oxygen atoms in total. The zero-order valence-corrected chi connectivity index (χ0v) is 42.1. The van der Waals surface area contributed by atoms with E-state index in [1.807, 2.05) is 25.7 Å². The van der Waals surface area contributed by atoms with Gasteiger partial charge in [-0.2, -0.15) is 0 Å². The summed E-state index contributed by atoms with van der Waals surface area (Å²) >= 11 is 0. The molecule has 0 aromatic rings. The zero-order valence-electron chi connectivity index (χ0n) is 42.1. The average molecular weight is 975 g/mol. The Labute approximate surface area is 438 Å². The molecular weight excluding hydrogens is 937 g/mol. The van der Waals surface area contributed by atoms with Crippen molar-refractivity contribution < 1.29 is 0 Å². The predicted octanol–water partition coefficient (Wildman–Crippen LogP) is 5.41. The summed E-state index contributed by atoms with van der Waals surface area (Å²) in [5.41, 5.74) is 50.4. The molecule has 68 unspecified atom stereocenters. The molecule has 78 heavy (non-hydrogen) atoms. The maximum absolute atomic E-state index is 1.89. The van der Waals surface area contributed by atoms with Gasteiger partial charge in [-0.05, 0) is 441 Å². The first-order valence-electron chi connectivity index (χ1n) is 38.8. The highest BCUT2D eigenvalue weighted by molar-refractivity contribution is 6.33. The van der Waals surface area contributed by atoms with Crippen LogP contribution in [0.3, 0.4) is 0 Å². The summed E-state index contributed by atoms with van der Waals surface area (Å²) in [6.07, 6.45) is 7.57. The molecule has 0 aromatic carbocycles. The van der Waals surface area contributed by atoms with Crippen LogP contribution in [0.25, 0.3) is 0 Å². The van der Waals surface area contributed by atoms with Gasteiger partial charge in [0, 0.05) is 0 Å². The second-order valence-corrected chi connectivity index (χ2v) is 52.1. The highest BCUT2D eigenvalue weighted by Gasteiger charge is 3.80. The van der Waals surface area contributed by atoms with Crippen molar-refractivity contribution in [3.05, 3.63) is 10.8 Å². The van der Waals surface area contributed by atoms with Gasteiger partial charge < -0.3 is 0 Å². The third kappa shape index (κ3) is 0.467. The van der Waals surface area contributed by atoms with E-state index in [1.54, 1.807) is 0 Å². The molecule has 60 aliphatic carbocycles. The minimum atomic E-state index is 1.11. The molecule has 0 aliphatic heterocycles. The SMILES string of the molecule is C1C2C3C4C5CC6C7C8C9C%10C%11C%12C%13C%14C%15C%16CC%17C%18C%19C%20CC%21C%22C%23C%24C%25C%26C%27C%28C%29C%30C1C21C32C43C56C74C85C96C%107C%118C%129C%13%10C%14%11C%15%12C%17%16C%18%13C%19%14C%20%21C%22%15C%23%16C%24%17C%25%18C%26%19C%27%20C%28%21C%29%22C%301C21C34C52C%221C%211C62C72C%201C%191C%183C%174C%165C%14%15C%13%12C%115C%104C93C821. The zero-order chi connectivity index (χ0) is 42.1. The average Bonchev–Trinajstić information content (AvgIpc) is 0.411. The van der Waals surface area contributed by atoms with E-state index in [9.17, 15) is 0 Å². The van der Waals surface area contributed by atoms with Crippen molar-refractivity contribution in [3.8, 4) is 0 Å². The molecule has 60 fully saturated rings. The highest BCUT2D eigenvalue weighted by Crippen LogP contribution is 3.82. The summed E-state index contributed by atoms with van der Waals surface area (Å²) in [5.74, 6) is 43.0. The van der Waals surface area contributed by atoms with E-state index >= 15 is 0 Å². The molecule has 68 atom stereocenters. The van der Waals surface area contributed by atoms with Gasteiger partial charge in [0.1, 0.15) is 0 Å².